The molecule has 21 heavy (non-hydrogen) atoms. The molecular formula is C16H25NO4. The zero-order chi connectivity index (χ0) is 15.9. The highest BCUT2D eigenvalue weighted by Gasteiger charge is 2.16. The highest BCUT2D eigenvalue weighted by atomic mass is 16.6. The van der Waals surface area contributed by atoms with Gasteiger partial charge in [0.1, 0.15) is 11.4 Å². The molecular weight excluding hydrogens is 270 g/mol. The number of nitrogens with one attached hydrogen (secondary N) is 1. The van der Waals surface area contributed by atoms with E-state index in [1.807, 2.05) is 45.0 Å². The van der Waals surface area contributed by atoms with E-state index >= 15 is 0 Å². The van der Waals surface area contributed by atoms with Crippen LogP contribution < -0.4 is 10.1 Å². The van der Waals surface area contributed by atoms with Crippen molar-refractivity contribution in [3.05, 3.63) is 29.8 Å². The van der Waals surface area contributed by atoms with Gasteiger partial charge in [0.25, 0.3) is 0 Å². The smallest absolute Gasteiger partial charge is 0.407 e. The summed E-state index contributed by atoms with van der Waals surface area (Å²) >= 11 is 0. The van der Waals surface area contributed by atoms with Crippen LogP contribution in [-0.2, 0) is 11.2 Å². The van der Waals surface area contributed by atoms with Crippen molar-refractivity contribution in [3.8, 4) is 5.75 Å². The van der Waals surface area contributed by atoms with Gasteiger partial charge in [-0.15, -0.1) is 0 Å². The van der Waals surface area contributed by atoms with E-state index in [9.17, 15) is 9.90 Å². The van der Waals surface area contributed by atoms with Gasteiger partial charge < -0.3 is 19.9 Å². The van der Waals surface area contributed by atoms with Crippen LogP contribution in [0.15, 0.2) is 24.3 Å². The third-order valence-electron chi connectivity index (χ3n) is 2.75. The molecule has 0 bridgehead atoms. The molecule has 0 aliphatic rings. The Morgan fingerprint density at radius 3 is 2.71 bits per heavy atom. The number of rotatable bonds is 6. The third-order valence-corrected chi connectivity index (χ3v) is 2.75. The zero-order valence-electron chi connectivity index (χ0n) is 13.2. The van der Waals surface area contributed by atoms with Gasteiger partial charge in [-0.25, -0.2) is 4.79 Å². The molecule has 0 aromatic heterocycles. The monoisotopic (exact) mass is 295 g/mol. The molecule has 0 spiro atoms. The van der Waals surface area contributed by atoms with Crippen molar-refractivity contribution in [3.63, 3.8) is 0 Å². The average Bonchev–Trinajstić information content (AvgIpc) is 2.36. The number of carbonyl (C=O) groups is 1. The van der Waals surface area contributed by atoms with Crippen molar-refractivity contribution < 1.29 is 19.4 Å². The first-order valence-electron chi connectivity index (χ1n) is 7.08. The van der Waals surface area contributed by atoms with E-state index in [2.05, 4.69) is 5.32 Å². The minimum absolute atomic E-state index is 0.375. The number of hydrogen-bond acceptors (Lipinski definition) is 4. The number of hydrogen-bond donors (Lipinski definition) is 2. The maximum Gasteiger partial charge on any atom is 0.407 e. The van der Waals surface area contributed by atoms with Crippen LogP contribution >= 0.6 is 0 Å². The van der Waals surface area contributed by atoms with E-state index in [1.54, 1.807) is 7.11 Å². The lowest BCUT2D eigenvalue weighted by Gasteiger charge is -2.20. The van der Waals surface area contributed by atoms with E-state index in [-0.39, 0.29) is 0 Å². The van der Waals surface area contributed by atoms with Crippen molar-refractivity contribution in [1.29, 1.82) is 0 Å². The van der Waals surface area contributed by atoms with Crippen LogP contribution in [0.4, 0.5) is 4.79 Å². The molecule has 1 aromatic carbocycles. The molecule has 1 atom stereocenters. The van der Waals surface area contributed by atoms with E-state index < -0.39 is 17.8 Å². The minimum Gasteiger partial charge on any atom is -0.497 e. The second-order valence-electron chi connectivity index (χ2n) is 5.93. The summed E-state index contributed by atoms with van der Waals surface area (Å²) in [6, 6.07) is 7.58. The van der Waals surface area contributed by atoms with Crippen molar-refractivity contribution in [2.75, 3.05) is 13.7 Å². The van der Waals surface area contributed by atoms with E-state index in [1.165, 1.54) is 0 Å². The Hall–Kier alpha value is -1.75. The summed E-state index contributed by atoms with van der Waals surface area (Å²) < 4.78 is 10.3. The normalized spacial score (nSPS) is 12.6. The van der Waals surface area contributed by atoms with Crippen LogP contribution in [0.1, 0.15) is 32.8 Å². The Labute approximate surface area is 126 Å². The average molecular weight is 295 g/mol. The number of aliphatic hydroxyl groups is 1. The summed E-state index contributed by atoms with van der Waals surface area (Å²) in [6.07, 6.45) is 0.00651. The molecule has 0 radical (unpaired) electrons. The van der Waals surface area contributed by atoms with Crippen molar-refractivity contribution in [2.45, 2.75) is 45.3 Å². The second kappa shape index (κ2) is 7.88. The molecule has 2 N–H and O–H groups in total. The number of aliphatic hydroxyl groups excluding tert-OH is 1. The number of methoxy groups -OCH3 is 1. The van der Waals surface area contributed by atoms with Gasteiger partial charge in [-0.2, -0.15) is 0 Å². The van der Waals surface area contributed by atoms with Crippen LogP contribution in [0.25, 0.3) is 0 Å². The maximum atomic E-state index is 11.5. The second-order valence-corrected chi connectivity index (χ2v) is 5.93. The molecule has 1 aromatic rings. The Kier molecular flexibility index (Phi) is 6.49. The first-order valence-corrected chi connectivity index (χ1v) is 7.08. The largest absolute Gasteiger partial charge is 0.497 e. The molecule has 0 saturated heterocycles. The van der Waals surface area contributed by atoms with Gasteiger partial charge in [0.2, 0.25) is 0 Å². The van der Waals surface area contributed by atoms with Crippen LogP contribution in [0, 0.1) is 0 Å². The SMILES string of the molecule is COc1cccc(C[C@H](O)CCNC(=O)OC(C)(C)C)c1. The van der Waals surface area contributed by atoms with Gasteiger partial charge in [0, 0.05) is 6.54 Å². The summed E-state index contributed by atoms with van der Waals surface area (Å²) in [5.41, 5.74) is 0.489. The van der Waals surface area contributed by atoms with E-state index in [0.29, 0.717) is 19.4 Å². The van der Waals surface area contributed by atoms with Crippen molar-refractivity contribution in [2.24, 2.45) is 0 Å². The summed E-state index contributed by atoms with van der Waals surface area (Å²) in [6.45, 7) is 5.80. The zero-order valence-corrected chi connectivity index (χ0v) is 13.2. The van der Waals surface area contributed by atoms with E-state index in [4.69, 9.17) is 9.47 Å². The Balaban J connectivity index is 2.31. The lowest BCUT2D eigenvalue weighted by molar-refractivity contribution is 0.0518. The summed E-state index contributed by atoms with van der Waals surface area (Å²) in [4.78, 5) is 11.5. The summed E-state index contributed by atoms with van der Waals surface area (Å²) in [5.74, 6) is 0.770. The fraction of sp³-hybridized carbons (Fsp3) is 0.562. The van der Waals surface area contributed by atoms with Crippen LogP contribution in [-0.4, -0.2) is 36.6 Å². The summed E-state index contributed by atoms with van der Waals surface area (Å²) in [7, 11) is 1.61. The van der Waals surface area contributed by atoms with Gasteiger partial charge in [0.15, 0.2) is 0 Å². The predicted molar refractivity (Wildman–Crippen MR) is 81.6 cm³/mol. The topological polar surface area (TPSA) is 67.8 Å². The van der Waals surface area contributed by atoms with Gasteiger partial charge in [-0.3, -0.25) is 0 Å². The number of alkyl carbamates (subject to hydrolysis) is 1. The lowest BCUT2D eigenvalue weighted by atomic mass is 10.1. The van der Waals surface area contributed by atoms with Gasteiger partial charge >= 0.3 is 6.09 Å². The fourth-order valence-corrected chi connectivity index (χ4v) is 1.83. The van der Waals surface area contributed by atoms with Crippen LogP contribution in [0.5, 0.6) is 5.75 Å². The molecule has 118 valence electrons. The van der Waals surface area contributed by atoms with Gasteiger partial charge in [-0.05, 0) is 51.3 Å². The summed E-state index contributed by atoms with van der Waals surface area (Å²) in [5, 5.41) is 12.6. The molecule has 0 heterocycles. The fourth-order valence-electron chi connectivity index (χ4n) is 1.83. The molecule has 5 nitrogen and oxygen atoms in total. The number of carbonyl (C=O) groups excluding carboxylic acids is 1. The Morgan fingerprint density at radius 2 is 2.10 bits per heavy atom. The van der Waals surface area contributed by atoms with Crippen LogP contribution in [0.2, 0.25) is 0 Å². The highest BCUT2D eigenvalue weighted by molar-refractivity contribution is 5.67. The molecule has 1 amide bonds. The molecule has 0 unspecified atom stereocenters. The first kappa shape index (κ1) is 17.3. The predicted octanol–water partition coefficient (Wildman–Crippen LogP) is 2.51. The molecule has 0 aliphatic heterocycles. The number of ether oxygens (including phenoxy) is 2. The number of benzene rings is 1. The molecule has 0 fully saturated rings. The maximum absolute atomic E-state index is 11.5. The Bertz CT molecular complexity index is 454. The van der Waals surface area contributed by atoms with Gasteiger partial charge in [-0.1, -0.05) is 12.1 Å². The Morgan fingerprint density at radius 1 is 1.38 bits per heavy atom. The standard InChI is InChI=1S/C16H25NO4/c1-16(2,3)21-15(19)17-9-8-13(18)10-12-6-5-7-14(11-12)20-4/h5-7,11,13,18H,8-10H2,1-4H3,(H,17,19)/t13-/m1/s1. The lowest BCUT2D eigenvalue weighted by Crippen LogP contribution is -2.34. The molecule has 1 rings (SSSR count). The third kappa shape index (κ3) is 7.56. The molecule has 0 aliphatic carbocycles. The minimum atomic E-state index is -0.521. The van der Waals surface area contributed by atoms with E-state index in [0.717, 1.165) is 11.3 Å². The molecule has 0 saturated carbocycles. The highest BCUT2D eigenvalue weighted by Crippen LogP contribution is 2.14. The molecule has 5 heteroatoms. The first-order chi connectivity index (χ1) is 9.80. The van der Waals surface area contributed by atoms with Gasteiger partial charge in [0.05, 0.1) is 13.2 Å². The van der Waals surface area contributed by atoms with Crippen molar-refractivity contribution in [1.82, 2.24) is 5.32 Å². The van der Waals surface area contributed by atoms with Crippen molar-refractivity contribution >= 4 is 6.09 Å². The quantitative estimate of drug-likeness (QED) is 0.846. The number of amides is 1. The van der Waals surface area contributed by atoms with Crippen LogP contribution in [0.3, 0.4) is 0 Å².